The van der Waals surface area contributed by atoms with Gasteiger partial charge in [-0.1, -0.05) is 42.5 Å². The van der Waals surface area contributed by atoms with E-state index >= 15 is 0 Å². The lowest BCUT2D eigenvalue weighted by atomic mass is 10.0. The largest absolute Gasteiger partial charge is 0.357 e. The Morgan fingerprint density at radius 1 is 1.07 bits per heavy atom. The summed E-state index contributed by atoms with van der Waals surface area (Å²) in [5.74, 6) is 0. The minimum Gasteiger partial charge on any atom is -0.357 e. The molecule has 0 heterocycles. The van der Waals surface area contributed by atoms with Gasteiger partial charge in [0, 0.05) is 12.7 Å². The Bertz CT molecular complexity index is 432. The standard InChI is InChI=1S/C12H11O2/c1-14-12(13)11-8-4-6-9-5-2-3-7-10(9)11/h2-8,13H,1H3. The second-order valence-corrected chi connectivity index (χ2v) is 3.04. The van der Waals surface area contributed by atoms with Crippen LogP contribution in [0.4, 0.5) is 0 Å². The topological polar surface area (TPSA) is 29.5 Å². The lowest BCUT2D eigenvalue weighted by molar-refractivity contribution is 0.0640. The summed E-state index contributed by atoms with van der Waals surface area (Å²) in [4.78, 5) is 0. The molecular formula is C12H11O2. The third-order valence-electron chi connectivity index (χ3n) is 2.21. The van der Waals surface area contributed by atoms with Gasteiger partial charge in [-0.3, -0.25) is 0 Å². The Balaban J connectivity index is 2.65. The van der Waals surface area contributed by atoms with Crippen molar-refractivity contribution in [1.82, 2.24) is 0 Å². The van der Waals surface area contributed by atoms with Crippen LogP contribution in [0.2, 0.25) is 0 Å². The van der Waals surface area contributed by atoms with Crippen LogP contribution in [-0.4, -0.2) is 12.2 Å². The van der Waals surface area contributed by atoms with Crippen LogP contribution in [0.25, 0.3) is 10.8 Å². The van der Waals surface area contributed by atoms with E-state index in [1.807, 2.05) is 42.5 Å². The molecule has 71 valence electrons. The molecule has 0 aromatic heterocycles. The van der Waals surface area contributed by atoms with Crippen molar-refractivity contribution in [2.24, 2.45) is 0 Å². The van der Waals surface area contributed by atoms with Gasteiger partial charge in [-0.15, -0.1) is 0 Å². The number of hydrogen-bond donors (Lipinski definition) is 1. The van der Waals surface area contributed by atoms with E-state index in [1.165, 1.54) is 7.11 Å². The molecule has 1 radical (unpaired) electrons. The fourth-order valence-corrected chi connectivity index (χ4v) is 1.52. The van der Waals surface area contributed by atoms with Gasteiger partial charge in [-0.05, 0) is 10.8 Å². The molecule has 2 nitrogen and oxygen atoms in total. The van der Waals surface area contributed by atoms with Gasteiger partial charge in [-0.2, -0.15) is 0 Å². The number of aliphatic hydroxyl groups is 1. The number of ether oxygens (including phenoxy) is 1. The van der Waals surface area contributed by atoms with Crippen molar-refractivity contribution in [1.29, 1.82) is 0 Å². The van der Waals surface area contributed by atoms with Crippen molar-refractivity contribution >= 4 is 10.8 Å². The average Bonchev–Trinajstić information content (AvgIpc) is 2.27. The second kappa shape index (κ2) is 3.78. The van der Waals surface area contributed by atoms with Crippen LogP contribution in [0.15, 0.2) is 42.5 Å². The van der Waals surface area contributed by atoms with E-state index in [1.54, 1.807) is 0 Å². The Labute approximate surface area is 82.8 Å². The molecule has 0 aliphatic carbocycles. The number of fused-ring (bicyclic) bond motifs is 1. The molecule has 0 aliphatic rings. The van der Waals surface area contributed by atoms with Crippen LogP contribution < -0.4 is 0 Å². The summed E-state index contributed by atoms with van der Waals surface area (Å²) >= 11 is 0. The minimum absolute atomic E-state index is 0.0400. The molecule has 0 aliphatic heterocycles. The molecule has 2 heteroatoms. The summed E-state index contributed by atoms with van der Waals surface area (Å²) in [6.45, 7) is 0. The van der Waals surface area contributed by atoms with Crippen LogP contribution in [0.5, 0.6) is 0 Å². The molecule has 0 spiro atoms. The molecule has 0 fully saturated rings. The predicted octanol–water partition coefficient (Wildman–Crippen LogP) is 2.70. The summed E-state index contributed by atoms with van der Waals surface area (Å²) in [6.07, 6.45) is -0.0400. The highest BCUT2D eigenvalue weighted by atomic mass is 16.6. The van der Waals surface area contributed by atoms with Crippen LogP contribution in [0.1, 0.15) is 5.56 Å². The summed E-state index contributed by atoms with van der Waals surface area (Å²) in [7, 11) is 1.46. The Kier molecular flexibility index (Phi) is 2.48. The zero-order chi connectivity index (χ0) is 9.97. The Morgan fingerprint density at radius 2 is 1.79 bits per heavy atom. The molecule has 0 amide bonds. The maximum Gasteiger partial charge on any atom is 0.253 e. The van der Waals surface area contributed by atoms with E-state index < -0.39 is 0 Å². The first-order valence-electron chi connectivity index (χ1n) is 4.41. The summed E-state index contributed by atoms with van der Waals surface area (Å²) in [6, 6.07) is 13.6. The van der Waals surface area contributed by atoms with Gasteiger partial charge in [0.2, 0.25) is 0 Å². The highest BCUT2D eigenvalue weighted by Crippen LogP contribution is 2.23. The first kappa shape index (κ1) is 9.19. The zero-order valence-corrected chi connectivity index (χ0v) is 7.90. The van der Waals surface area contributed by atoms with E-state index in [4.69, 9.17) is 4.74 Å². The first-order valence-corrected chi connectivity index (χ1v) is 4.41. The SMILES string of the molecule is CO[C](O)c1cccc2ccccc12. The Morgan fingerprint density at radius 3 is 2.57 bits per heavy atom. The number of aliphatic hydroxyl groups excluding tert-OH is 1. The fourth-order valence-electron chi connectivity index (χ4n) is 1.52. The maximum atomic E-state index is 9.52. The molecule has 2 rings (SSSR count). The second-order valence-electron chi connectivity index (χ2n) is 3.04. The smallest absolute Gasteiger partial charge is 0.253 e. The van der Waals surface area contributed by atoms with Crippen LogP contribution >= 0.6 is 0 Å². The summed E-state index contributed by atoms with van der Waals surface area (Å²) in [5.41, 5.74) is 0.727. The molecule has 0 unspecified atom stereocenters. The lowest BCUT2D eigenvalue weighted by Crippen LogP contribution is -2.00. The Hall–Kier alpha value is -1.38. The normalized spacial score (nSPS) is 11.1. The molecule has 0 saturated heterocycles. The highest BCUT2D eigenvalue weighted by molar-refractivity contribution is 5.86. The van der Waals surface area contributed by atoms with E-state index in [9.17, 15) is 5.11 Å². The molecule has 0 bridgehead atoms. The van der Waals surface area contributed by atoms with Crippen molar-refractivity contribution in [2.75, 3.05) is 7.11 Å². The van der Waals surface area contributed by atoms with Gasteiger partial charge in [-0.25, -0.2) is 0 Å². The van der Waals surface area contributed by atoms with Crippen molar-refractivity contribution in [3.63, 3.8) is 0 Å². The van der Waals surface area contributed by atoms with E-state index in [2.05, 4.69) is 0 Å². The third kappa shape index (κ3) is 1.50. The number of methoxy groups -OCH3 is 1. The van der Waals surface area contributed by atoms with Crippen LogP contribution in [-0.2, 0) is 4.74 Å². The number of benzene rings is 2. The minimum atomic E-state index is -0.0400. The van der Waals surface area contributed by atoms with Gasteiger partial charge in [0.25, 0.3) is 6.29 Å². The molecule has 2 aromatic carbocycles. The molecular weight excluding hydrogens is 176 g/mol. The van der Waals surface area contributed by atoms with Crippen LogP contribution in [0, 0.1) is 6.29 Å². The molecule has 2 aromatic rings. The van der Waals surface area contributed by atoms with E-state index in [0.29, 0.717) is 0 Å². The van der Waals surface area contributed by atoms with Gasteiger partial charge < -0.3 is 9.84 Å². The molecule has 0 atom stereocenters. The molecule has 14 heavy (non-hydrogen) atoms. The zero-order valence-electron chi connectivity index (χ0n) is 7.90. The molecule has 0 saturated carbocycles. The monoisotopic (exact) mass is 187 g/mol. The maximum absolute atomic E-state index is 9.52. The van der Waals surface area contributed by atoms with Crippen molar-refractivity contribution in [2.45, 2.75) is 0 Å². The number of hydrogen-bond acceptors (Lipinski definition) is 2. The van der Waals surface area contributed by atoms with E-state index in [0.717, 1.165) is 16.3 Å². The lowest BCUT2D eigenvalue weighted by Gasteiger charge is -2.09. The van der Waals surface area contributed by atoms with Crippen molar-refractivity contribution in [3.05, 3.63) is 54.3 Å². The summed E-state index contributed by atoms with van der Waals surface area (Å²) < 4.78 is 4.82. The van der Waals surface area contributed by atoms with Crippen LogP contribution in [0.3, 0.4) is 0 Å². The van der Waals surface area contributed by atoms with E-state index in [-0.39, 0.29) is 6.29 Å². The van der Waals surface area contributed by atoms with Gasteiger partial charge in [0.15, 0.2) is 0 Å². The summed E-state index contributed by atoms with van der Waals surface area (Å²) in [5, 5.41) is 11.6. The quantitative estimate of drug-likeness (QED) is 0.783. The predicted molar refractivity (Wildman–Crippen MR) is 55.2 cm³/mol. The third-order valence-corrected chi connectivity index (χ3v) is 2.21. The first-order chi connectivity index (χ1) is 6.83. The van der Waals surface area contributed by atoms with Gasteiger partial charge in [0.05, 0.1) is 0 Å². The highest BCUT2D eigenvalue weighted by Gasteiger charge is 2.10. The fraction of sp³-hybridized carbons (Fsp3) is 0.0833. The van der Waals surface area contributed by atoms with Gasteiger partial charge >= 0.3 is 0 Å². The van der Waals surface area contributed by atoms with Crippen molar-refractivity contribution < 1.29 is 9.84 Å². The van der Waals surface area contributed by atoms with Gasteiger partial charge in [0.1, 0.15) is 0 Å². The van der Waals surface area contributed by atoms with Crippen molar-refractivity contribution in [3.8, 4) is 0 Å². The average molecular weight is 187 g/mol. The molecule has 1 N–H and O–H groups in total. The number of rotatable bonds is 2.